The van der Waals surface area contributed by atoms with Gasteiger partial charge in [0.1, 0.15) is 0 Å². The van der Waals surface area contributed by atoms with Crippen LogP contribution in [0.2, 0.25) is 0 Å². The molecule has 24 heavy (non-hydrogen) atoms. The standard InChI is InChI=1S/C19H18N4O/c1-15(24)22-18-7-5-16(6-8-18)12-21-19-4-2-3-17(11-19)13-23-10-9-20-14-23/h2-12,14H,13H2,1H3,(H,22,24). The summed E-state index contributed by atoms with van der Waals surface area (Å²) in [5.74, 6) is -0.0777. The van der Waals surface area contributed by atoms with Crippen molar-refractivity contribution in [1.29, 1.82) is 0 Å². The Labute approximate surface area is 140 Å². The molecule has 1 N–H and O–H groups in total. The van der Waals surface area contributed by atoms with Gasteiger partial charge in [-0.3, -0.25) is 9.79 Å². The number of carbonyl (C=O) groups is 1. The monoisotopic (exact) mass is 318 g/mol. The molecule has 3 rings (SSSR count). The van der Waals surface area contributed by atoms with E-state index >= 15 is 0 Å². The summed E-state index contributed by atoms with van der Waals surface area (Å²) in [6.45, 7) is 2.26. The Morgan fingerprint density at radius 2 is 2.08 bits per heavy atom. The number of nitrogens with one attached hydrogen (secondary N) is 1. The molecule has 2 aromatic carbocycles. The Morgan fingerprint density at radius 3 is 2.79 bits per heavy atom. The van der Waals surface area contributed by atoms with Gasteiger partial charge in [0.2, 0.25) is 5.91 Å². The van der Waals surface area contributed by atoms with E-state index in [1.54, 1.807) is 12.5 Å². The molecular formula is C19H18N4O. The van der Waals surface area contributed by atoms with Crippen LogP contribution in [0.3, 0.4) is 0 Å². The molecular weight excluding hydrogens is 300 g/mol. The van der Waals surface area contributed by atoms with Gasteiger partial charge < -0.3 is 9.88 Å². The molecule has 0 aliphatic rings. The third-order valence-corrected chi connectivity index (χ3v) is 3.43. The normalized spacial score (nSPS) is 10.9. The van der Waals surface area contributed by atoms with Crippen LogP contribution in [-0.4, -0.2) is 21.7 Å². The van der Waals surface area contributed by atoms with E-state index in [1.165, 1.54) is 12.5 Å². The van der Waals surface area contributed by atoms with Crippen molar-refractivity contribution in [3.63, 3.8) is 0 Å². The first-order valence-corrected chi connectivity index (χ1v) is 7.65. The summed E-state index contributed by atoms with van der Waals surface area (Å²) >= 11 is 0. The minimum atomic E-state index is -0.0777. The van der Waals surface area contributed by atoms with Gasteiger partial charge >= 0.3 is 0 Å². The maximum absolute atomic E-state index is 11.0. The highest BCUT2D eigenvalue weighted by atomic mass is 16.1. The number of hydrogen-bond donors (Lipinski definition) is 1. The summed E-state index contributed by atoms with van der Waals surface area (Å²) in [4.78, 5) is 19.6. The molecule has 0 fully saturated rings. The number of aromatic nitrogens is 2. The van der Waals surface area contributed by atoms with Crippen molar-refractivity contribution in [2.45, 2.75) is 13.5 Å². The van der Waals surface area contributed by atoms with E-state index in [4.69, 9.17) is 0 Å². The quantitative estimate of drug-likeness (QED) is 0.730. The second-order valence-electron chi connectivity index (χ2n) is 5.47. The van der Waals surface area contributed by atoms with Crippen LogP contribution in [0, 0.1) is 0 Å². The zero-order valence-electron chi connectivity index (χ0n) is 13.4. The van der Waals surface area contributed by atoms with E-state index in [-0.39, 0.29) is 5.91 Å². The molecule has 5 nitrogen and oxygen atoms in total. The molecule has 120 valence electrons. The van der Waals surface area contributed by atoms with Gasteiger partial charge in [-0.2, -0.15) is 0 Å². The largest absolute Gasteiger partial charge is 0.333 e. The Morgan fingerprint density at radius 1 is 1.25 bits per heavy atom. The average Bonchev–Trinajstić information content (AvgIpc) is 3.07. The lowest BCUT2D eigenvalue weighted by atomic mass is 10.2. The van der Waals surface area contributed by atoms with Crippen LogP contribution < -0.4 is 5.32 Å². The fourth-order valence-corrected chi connectivity index (χ4v) is 2.33. The molecule has 1 aromatic heterocycles. The van der Waals surface area contributed by atoms with Crippen LogP contribution in [0.1, 0.15) is 18.1 Å². The topological polar surface area (TPSA) is 59.3 Å². The highest BCUT2D eigenvalue weighted by Crippen LogP contribution is 2.16. The van der Waals surface area contributed by atoms with Crippen LogP contribution in [0.5, 0.6) is 0 Å². The van der Waals surface area contributed by atoms with E-state index in [9.17, 15) is 4.79 Å². The molecule has 0 saturated heterocycles. The minimum Gasteiger partial charge on any atom is -0.333 e. The first kappa shape index (κ1) is 15.7. The number of benzene rings is 2. The molecule has 1 amide bonds. The van der Waals surface area contributed by atoms with Gasteiger partial charge in [0.05, 0.1) is 12.0 Å². The summed E-state index contributed by atoms with van der Waals surface area (Å²) < 4.78 is 2.02. The summed E-state index contributed by atoms with van der Waals surface area (Å²) in [5, 5.41) is 2.74. The lowest BCUT2D eigenvalue weighted by molar-refractivity contribution is -0.114. The zero-order valence-corrected chi connectivity index (χ0v) is 13.4. The predicted octanol–water partition coefficient (Wildman–Crippen LogP) is 3.64. The number of rotatable bonds is 5. The van der Waals surface area contributed by atoms with Crippen LogP contribution >= 0.6 is 0 Å². The highest BCUT2D eigenvalue weighted by Gasteiger charge is 1.97. The minimum absolute atomic E-state index is 0.0777. The number of imidazole rings is 1. The molecule has 0 atom stereocenters. The molecule has 0 unspecified atom stereocenters. The number of carbonyl (C=O) groups excluding carboxylic acids is 1. The van der Waals surface area contributed by atoms with Gasteiger partial charge in [0.15, 0.2) is 0 Å². The van der Waals surface area contributed by atoms with Gasteiger partial charge in [0.25, 0.3) is 0 Å². The van der Waals surface area contributed by atoms with Gasteiger partial charge in [-0.1, -0.05) is 24.3 Å². The third kappa shape index (κ3) is 4.39. The van der Waals surface area contributed by atoms with Crippen LogP contribution in [0.4, 0.5) is 11.4 Å². The number of nitrogens with zero attached hydrogens (tertiary/aromatic N) is 3. The molecule has 0 bridgehead atoms. The van der Waals surface area contributed by atoms with Crippen molar-refractivity contribution in [3.8, 4) is 0 Å². The maximum atomic E-state index is 11.0. The molecule has 0 radical (unpaired) electrons. The van der Waals surface area contributed by atoms with Crippen molar-refractivity contribution in [3.05, 3.63) is 78.4 Å². The van der Waals surface area contributed by atoms with Crippen molar-refractivity contribution in [2.75, 3.05) is 5.32 Å². The number of amides is 1. The van der Waals surface area contributed by atoms with Crippen molar-refractivity contribution in [1.82, 2.24) is 9.55 Å². The highest BCUT2D eigenvalue weighted by molar-refractivity contribution is 5.89. The average molecular weight is 318 g/mol. The molecule has 0 spiro atoms. The maximum Gasteiger partial charge on any atom is 0.221 e. The SMILES string of the molecule is CC(=O)Nc1ccc(C=Nc2cccc(Cn3ccnc3)c2)cc1. The van der Waals surface area contributed by atoms with Gasteiger partial charge in [-0.05, 0) is 35.4 Å². The summed E-state index contributed by atoms with van der Waals surface area (Å²) in [7, 11) is 0. The summed E-state index contributed by atoms with van der Waals surface area (Å²) in [6, 6.07) is 15.7. The van der Waals surface area contributed by atoms with E-state index < -0.39 is 0 Å². The Kier molecular flexibility index (Phi) is 4.81. The van der Waals surface area contributed by atoms with E-state index in [0.717, 1.165) is 23.5 Å². The lowest BCUT2D eigenvalue weighted by Gasteiger charge is -2.04. The predicted molar refractivity (Wildman–Crippen MR) is 95.8 cm³/mol. The van der Waals surface area contributed by atoms with Crippen molar-refractivity contribution >= 4 is 23.5 Å². The van der Waals surface area contributed by atoms with E-state index in [0.29, 0.717) is 0 Å². The molecule has 5 heteroatoms. The van der Waals surface area contributed by atoms with Gasteiger partial charge in [-0.25, -0.2) is 4.98 Å². The fourth-order valence-electron chi connectivity index (χ4n) is 2.33. The third-order valence-electron chi connectivity index (χ3n) is 3.43. The van der Waals surface area contributed by atoms with Crippen LogP contribution in [-0.2, 0) is 11.3 Å². The van der Waals surface area contributed by atoms with Gasteiger partial charge in [0, 0.05) is 37.8 Å². The zero-order chi connectivity index (χ0) is 16.8. The van der Waals surface area contributed by atoms with E-state index in [2.05, 4.69) is 27.4 Å². The fraction of sp³-hybridized carbons (Fsp3) is 0.105. The van der Waals surface area contributed by atoms with Gasteiger partial charge in [-0.15, -0.1) is 0 Å². The Balaban J connectivity index is 1.68. The first-order chi connectivity index (χ1) is 11.7. The molecule has 0 aliphatic carbocycles. The number of anilines is 1. The summed E-state index contributed by atoms with van der Waals surface area (Å²) in [5.41, 5.74) is 3.83. The van der Waals surface area contributed by atoms with Crippen LogP contribution in [0.25, 0.3) is 0 Å². The molecule has 0 saturated carbocycles. The molecule has 0 aliphatic heterocycles. The number of aliphatic imine (C=N–C) groups is 1. The second-order valence-corrected chi connectivity index (χ2v) is 5.47. The van der Waals surface area contributed by atoms with E-state index in [1.807, 2.05) is 53.4 Å². The first-order valence-electron chi connectivity index (χ1n) is 7.65. The smallest absolute Gasteiger partial charge is 0.221 e. The Bertz CT molecular complexity index is 836. The lowest BCUT2D eigenvalue weighted by Crippen LogP contribution is -2.05. The number of hydrogen-bond acceptors (Lipinski definition) is 3. The Hall–Kier alpha value is -3.21. The summed E-state index contributed by atoms with van der Waals surface area (Å²) in [6.07, 6.45) is 7.32. The van der Waals surface area contributed by atoms with Crippen molar-refractivity contribution in [2.24, 2.45) is 4.99 Å². The van der Waals surface area contributed by atoms with Crippen molar-refractivity contribution < 1.29 is 4.79 Å². The second kappa shape index (κ2) is 7.37. The molecule has 3 aromatic rings. The van der Waals surface area contributed by atoms with Crippen LogP contribution in [0.15, 0.2) is 72.2 Å². The molecule has 1 heterocycles.